The molecule has 0 amide bonds. The van der Waals surface area contributed by atoms with Crippen LogP contribution in [0.5, 0.6) is 0 Å². The highest BCUT2D eigenvalue weighted by atomic mass is 79.9. The summed E-state index contributed by atoms with van der Waals surface area (Å²) < 4.78 is -0.127. The number of alkyl halides is 2. The lowest BCUT2D eigenvalue weighted by atomic mass is 9.87. The number of carbonyl (C=O) groups is 1. The summed E-state index contributed by atoms with van der Waals surface area (Å²) in [7, 11) is 0. The van der Waals surface area contributed by atoms with Crippen LogP contribution in [-0.2, 0) is 4.79 Å². The Labute approximate surface area is 84.2 Å². The first-order valence-electron chi connectivity index (χ1n) is 4.03. The smallest absolute Gasteiger partial charge is 0.160 e. The molecule has 64 valence electrons. The van der Waals surface area contributed by atoms with Crippen LogP contribution < -0.4 is 0 Å². The van der Waals surface area contributed by atoms with Crippen molar-refractivity contribution in [3.63, 3.8) is 0 Å². The molecule has 11 heavy (non-hydrogen) atoms. The molecule has 0 heterocycles. The first-order valence-corrected chi connectivity index (χ1v) is 5.87. The number of hydrogen-bond donors (Lipinski definition) is 0. The monoisotopic (exact) mass is 282 g/mol. The Morgan fingerprint density at radius 3 is 2.18 bits per heavy atom. The van der Waals surface area contributed by atoms with Crippen molar-refractivity contribution in [2.75, 3.05) is 0 Å². The third-order valence-corrected chi connectivity index (χ3v) is 3.13. The summed E-state index contributed by atoms with van der Waals surface area (Å²) in [6.45, 7) is 0. The van der Waals surface area contributed by atoms with E-state index in [0.29, 0.717) is 11.7 Å². The maximum atomic E-state index is 11.4. The predicted molar refractivity (Wildman–Crippen MR) is 53.2 cm³/mol. The van der Waals surface area contributed by atoms with Crippen molar-refractivity contribution in [2.24, 2.45) is 5.92 Å². The third kappa shape index (κ3) is 2.86. The Morgan fingerprint density at radius 2 is 1.73 bits per heavy atom. The van der Waals surface area contributed by atoms with Gasteiger partial charge >= 0.3 is 0 Å². The van der Waals surface area contributed by atoms with Crippen LogP contribution in [-0.4, -0.2) is 9.52 Å². The van der Waals surface area contributed by atoms with E-state index in [1.807, 2.05) is 0 Å². The molecule has 0 aliphatic heterocycles. The molecule has 0 aromatic carbocycles. The molecule has 1 aliphatic rings. The van der Waals surface area contributed by atoms with Gasteiger partial charge in [-0.1, -0.05) is 51.1 Å². The maximum Gasteiger partial charge on any atom is 0.160 e. The van der Waals surface area contributed by atoms with E-state index in [1.54, 1.807) is 0 Å². The van der Waals surface area contributed by atoms with Gasteiger partial charge in [-0.15, -0.1) is 0 Å². The summed E-state index contributed by atoms with van der Waals surface area (Å²) in [4.78, 5) is 11.4. The van der Waals surface area contributed by atoms with Gasteiger partial charge < -0.3 is 0 Å². The number of rotatable bonds is 2. The summed E-state index contributed by atoms with van der Waals surface area (Å²) in [5, 5.41) is 0. The maximum absolute atomic E-state index is 11.4. The lowest BCUT2D eigenvalue weighted by Gasteiger charge is -2.20. The fraction of sp³-hybridized carbons (Fsp3) is 0.875. The van der Waals surface area contributed by atoms with Crippen LogP contribution in [0.1, 0.15) is 32.1 Å². The Morgan fingerprint density at radius 1 is 1.18 bits per heavy atom. The van der Waals surface area contributed by atoms with Crippen molar-refractivity contribution in [3.8, 4) is 0 Å². The Bertz CT molecular complexity index is 139. The van der Waals surface area contributed by atoms with E-state index in [9.17, 15) is 4.79 Å². The van der Waals surface area contributed by atoms with Crippen LogP contribution in [0, 0.1) is 5.92 Å². The van der Waals surface area contributed by atoms with Crippen LogP contribution in [0.15, 0.2) is 0 Å². The minimum absolute atomic E-state index is 0.127. The van der Waals surface area contributed by atoms with Crippen molar-refractivity contribution in [1.82, 2.24) is 0 Å². The van der Waals surface area contributed by atoms with E-state index in [2.05, 4.69) is 31.9 Å². The van der Waals surface area contributed by atoms with Gasteiger partial charge in [-0.05, 0) is 12.8 Å². The molecule has 0 saturated heterocycles. The Kier molecular flexibility index (Phi) is 4.07. The molecule has 0 N–H and O–H groups in total. The van der Waals surface area contributed by atoms with Crippen LogP contribution in [0.3, 0.4) is 0 Å². The second kappa shape index (κ2) is 4.61. The van der Waals surface area contributed by atoms with Gasteiger partial charge in [0.1, 0.15) is 3.74 Å². The lowest BCUT2D eigenvalue weighted by Crippen LogP contribution is -2.22. The minimum atomic E-state index is -0.127. The molecule has 0 radical (unpaired) electrons. The fourth-order valence-electron chi connectivity index (χ4n) is 1.57. The minimum Gasteiger partial charge on any atom is -0.297 e. The van der Waals surface area contributed by atoms with E-state index in [1.165, 1.54) is 19.3 Å². The molecule has 1 fully saturated rings. The van der Waals surface area contributed by atoms with Crippen molar-refractivity contribution in [3.05, 3.63) is 0 Å². The third-order valence-electron chi connectivity index (χ3n) is 2.22. The summed E-state index contributed by atoms with van der Waals surface area (Å²) in [6.07, 6.45) is 5.93. The summed E-state index contributed by atoms with van der Waals surface area (Å²) >= 11 is 6.48. The van der Waals surface area contributed by atoms with Crippen LogP contribution in [0.4, 0.5) is 0 Å². The second-order valence-electron chi connectivity index (χ2n) is 3.04. The van der Waals surface area contributed by atoms with E-state index < -0.39 is 0 Å². The van der Waals surface area contributed by atoms with E-state index >= 15 is 0 Å². The number of ketones is 1. The van der Waals surface area contributed by atoms with Crippen LogP contribution in [0.25, 0.3) is 0 Å². The highest BCUT2D eigenvalue weighted by Gasteiger charge is 2.24. The second-order valence-corrected chi connectivity index (χ2v) is 6.10. The Hall–Kier alpha value is 0.630. The standard InChI is InChI=1S/C8H12Br2O/c9-8(10)7(11)6-4-2-1-3-5-6/h6,8H,1-5H2. The number of halogens is 2. The normalized spacial score (nSPS) is 20.6. The first kappa shape index (κ1) is 9.72. The molecular weight excluding hydrogens is 272 g/mol. The zero-order valence-corrected chi connectivity index (χ0v) is 9.53. The predicted octanol–water partition coefficient (Wildman–Crippen LogP) is 3.25. The van der Waals surface area contributed by atoms with Gasteiger partial charge in [-0.2, -0.15) is 0 Å². The molecule has 1 saturated carbocycles. The topological polar surface area (TPSA) is 17.1 Å². The zero-order valence-electron chi connectivity index (χ0n) is 6.35. The fourth-order valence-corrected chi connectivity index (χ4v) is 2.31. The average molecular weight is 284 g/mol. The van der Waals surface area contributed by atoms with Gasteiger partial charge in [0.15, 0.2) is 5.78 Å². The van der Waals surface area contributed by atoms with Gasteiger partial charge in [-0.3, -0.25) is 4.79 Å². The summed E-state index contributed by atoms with van der Waals surface area (Å²) in [6, 6.07) is 0. The number of carbonyl (C=O) groups excluding carboxylic acids is 1. The molecule has 0 bridgehead atoms. The molecule has 0 spiro atoms. The van der Waals surface area contributed by atoms with E-state index in [-0.39, 0.29) is 3.74 Å². The van der Waals surface area contributed by atoms with Crippen molar-refractivity contribution < 1.29 is 4.79 Å². The van der Waals surface area contributed by atoms with Crippen LogP contribution in [0.2, 0.25) is 0 Å². The molecule has 0 aromatic rings. The Balaban J connectivity index is 2.39. The number of Topliss-reactive ketones (excluding diaryl/α,β-unsaturated/α-hetero) is 1. The van der Waals surface area contributed by atoms with E-state index in [4.69, 9.17) is 0 Å². The zero-order chi connectivity index (χ0) is 8.27. The quantitative estimate of drug-likeness (QED) is 0.711. The molecule has 0 atom stereocenters. The average Bonchev–Trinajstić information content (AvgIpc) is 2.05. The van der Waals surface area contributed by atoms with Crippen molar-refractivity contribution >= 4 is 37.6 Å². The van der Waals surface area contributed by atoms with Crippen LogP contribution >= 0.6 is 31.9 Å². The van der Waals surface area contributed by atoms with Gasteiger partial charge in [0.2, 0.25) is 0 Å². The van der Waals surface area contributed by atoms with Gasteiger partial charge in [0.25, 0.3) is 0 Å². The molecule has 1 rings (SSSR count). The molecule has 0 unspecified atom stereocenters. The van der Waals surface area contributed by atoms with Gasteiger partial charge in [0.05, 0.1) is 0 Å². The largest absolute Gasteiger partial charge is 0.297 e. The number of hydrogen-bond acceptors (Lipinski definition) is 1. The van der Waals surface area contributed by atoms with Crippen molar-refractivity contribution in [2.45, 2.75) is 35.8 Å². The highest BCUT2D eigenvalue weighted by Crippen LogP contribution is 2.28. The molecule has 3 heteroatoms. The molecular formula is C8H12Br2O. The molecule has 1 aliphatic carbocycles. The summed E-state index contributed by atoms with van der Waals surface area (Å²) in [5.74, 6) is 0.636. The first-order chi connectivity index (χ1) is 5.22. The lowest BCUT2D eigenvalue weighted by molar-refractivity contribution is -0.121. The van der Waals surface area contributed by atoms with Gasteiger partial charge in [-0.25, -0.2) is 0 Å². The van der Waals surface area contributed by atoms with Gasteiger partial charge in [0, 0.05) is 5.92 Å². The van der Waals surface area contributed by atoms with E-state index in [0.717, 1.165) is 12.8 Å². The molecule has 0 aromatic heterocycles. The highest BCUT2D eigenvalue weighted by molar-refractivity contribution is 9.25. The summed E-state index contributed by atoms with van der Waals surface area (Å²) in [5.41, 5.74) is 0. The SMILES string of the molecule is O=C(C(Br)Br)C1CCCCC1. The molecule has 1 nitrogen and oxygen atoms in total. The van der Waals surface area contributed by atoms with Crippen molar-refractivity contribution in [1.29, 1.82) is 0 Å².